The molecule has 0 radical (unpaired) electrons. The van der Waals surface area contributed by atoms with Crippen molar-refractivity contribution in [2.75, 3.05) is 13.1 Å². The Balaban J connectivity index is 2.42. The molecule has 0 amide bonds. The van der Waals surface area contributed by atoms with E-state index in [1.165, 1.54) is 16.7 Å². The van der Waals surface area contributed by atoms with Crippen molar-refractivity contribution in [3.8, 4) is 0 Å². The Kier molecular flexibility index (Phi) is 3.22. The summed E-state index contributed by atoms with van der Waals surface area (Å²) in [6.45, 7) is 8.27. The molecule has 0 aliphatic carbocycles. The number of hydrogen-bond donors (Lipinski definition) is 1. The van der Waals surface area contributed by atoms with Crippen LogP contribution in [0, 0.1) is 0 Å². The van der Waals surface area contributed by atoms with Crippen molar-refractivity contribution in [2.45, 2.75) is 25.7 Å². The number of aryl methyl sites for hydroxylation is 1. The minimum atomic E-state index is 0.481. The summed E-state index contributed by atoms with van der Waals surface area (Å²) in [6.07, 6.45) is 4.32. The fourth-order valence-corrected chi connectivity index (χ4v) is 2.24. The standard InChI is InChI=1S/C14H19N/c1-3-11-5-6-13-7-8-15-10-12(4-2)14(13)9-11/h4-6,9,12,15H,2-3,7-8,10H2,1H3/t12-/m0/s1. The van der Waals surface area contributed by atoms with Crippen molar-refractivity contribution in [1.29, 1.82) is 0 Å². The fraction of sp³-hybridized carbons (Fsp3) is 0.429. The molecular formula is C14H19N. The van der Waals surface area contributed by atoms with Crippen LogP contribution in [0.2, 0.25) is 0 Å². The van der Waals surface area contributed by atoms with Gasteiger partial charge in [0.2, 0.25) is 0 Å². The maximum absolute atomic E-state index is 3.94. The van der Waals surface area contributed by atoms with E-state index in [-0.39, 0.29) is 0 Å². The van der Waals surface area contributed by atoms with Crippen molar-refractivity contribution in [2.24, 2.45) is 0 Å². The van der Waals surface area contributed by atoms with E-state index >= 15 is 0 Å². The molecule has 2 rings (SSSR count). The molecule has 1 heteroatoms. The topological polar surface area (TPSA) is 12.0 Å². The van der Waals surface area contributed by atoms with Crippen molar-refractivity contribution in [3.63, 3.8) is 0 Å². The Morgan fingerprint density at radius 3 is 3.13 bits per heavy atom. The number of hydrogen-bond acceptors (Lipinski definition) is 1. The van der Waals surface area contributed by atoms with E-state index in [2.05, 4.69) is 43.1 Å². The monoisotopic (exact) mass is 201 g/mol. The Morgan fingerprint density at radius 2 is 2.40 bits per heavy atom. The van der Waals surface area contributed by atoms with E-state index < -0.39 is 0 Å². The molecule has 1 aromatic carbocycles. The van der Waals surface area contributed by atoms with Crippen LogP contribution in [0.1, 0.15) is 29.5 Å². The Bertz CT molecular complexity index is 354. The second-order valence-electron chi connectivity index (χ2n) is 4.18. The highest BCUT2D eigenvalue weighted by Gasteiger charge is 2.15. The first-order valence-electron chi connectivity index (χ1n) is 5.80. The van der Waals surface area contributed by atoms with E-state index in [4.69, 9.17) is 0 Å². The number of benzene rings is 1. The molecule has 1 N–H and O–H groups in total. The van der Waals surface area contributed by atoms with Crippen LogP contribution in [0.25, 0.3) is 0 Å². The Morgan fingerprint density at radius 1 is 1.53 bits per heavy atom. The molecule has 1 aliphatic heterocycles. The highest BCUT2D eigenvalue weighted by molar-refractivity contribution is 5.38. The fourth-order valence-electron chi connectivity index (χ4n) is 2.24. The summed E-state index contributed by atoms with van der Waals surface area (Å²) >= 11 is 0. The van der Waals surface area contributed by atoms with Crippen molar-refractivity contribution in [1.82, 2.24) is 5.32 Å². The molecule has 0 saturated heterocycles. The number of fused-ring (bicyclic) bond motifs is 1. The zero-order valence-electron chi connectivity index (χ0n) is 9.42. The van der Waals surface area contributed by atoms with Crippen molar-refractivity contribution < 1.29 is 0 Å². The van der Waals surface area contributed by atoms with Crippen LogP contribution in [0.3, 0.4) is 0 Å². The molecule has 1 heterocycles. The van der Waals surface area contributed by atoms with Crippen LogP contribution in [0.15, 0.2) is 30.9 Å². The Hall–Kier alpha value is -1.08. The second-order valence-corrected chi connectivity index (χ2v) is 4.18. The molecule has 0 bridgehead atoms. The van der Waals surface area contributed by atoms with E-state index in [0.29, 0.717) is 5.92 Å². The quantitative estimate of drug-likeness (QED) is 0.725. The smallest absolute Gasteiger partial charge is 0.0143 e. The lowest BCUT2D eigenvalue weighted by molar-refractivity contribution is 0.675. The summed E-state index contributed by atoms with van der Waals surface area (Å²) in [5, 5.41) is 3.46. The zero-order valence-corrected chi connectivity index (χ0v) is 9.42. The third-order valence-corrected chi connectivity index (χ3v) is 3.24. The van der Waals surface area contributed by atoms with Gasteiger partial charge < -0.3 is 5.32 Å². The highest BCUT2D eigenvalue weighted by Crippen LogP contribution is 2.25. The van der Waals surface area contributed by atoms with Crippen LogP contribution in [-0.2, 0) is 12.8 Å². The minimum Gasteiger partial charge on any atom is -0.315 e. The molecular weight excluding hydrogens is 182 g/mol. The zero-order chi connectivity index (χ0) is 10.7. The largest absolute Gasteiger partial charge is 0.315 e. The SMILES string of the molecule is C=C[C@H]1CNCCc2ccc(CC)cc21. The van der Waals surface area contributed by atoms with Crippen molar-refractivity contribution in [3.05, 3.63) is 47.5 Å². The van der Waals surface area contributed by atoms with E-state index in [9.17, 15) is 0 Å². The van der Waals surface area contributed by atoms with Gasteiger partial charge in [0.25, 0.3) is 0 Å². The molecule has 15 heavy (non-hydrogen) atoms. The summed E-state index contributed by atoms with van der Waals surface area (Å²) < 4.78 is 0. The molecule has 0 unspecified atom stereocenters. The van der Waals surface area contributed by atoms with Gasteiger partial charge in [-0.1, -0.05) is 31.2 Å². The van der Waals surface area contributed by atoms with Crippen LogP contribution in [0.4, 0.5) is 0 Å². The van der Waals surface area contributed by atoms with Crippen LogP contribution in [0.5, 0.6) is 0 Å². The molecule has 1 atom stereocenters. The summed E-state index contributed by atoms with van der Waals surface area (Å²) in [7, 11) is 0. The first kappa shape index (κ1) is 10.4. The summed E-state index contributed by atoms with van der Waals surface area (Å²) in [6, 6.07) is 6.90. The summed E-state index contributed by atoms with van der Waals surface area (Å²) in [5.41, 5.74) is 4.40. The van der Waals surface area contributed by atoms with Gasteiger partial charge in [0.1, 0.15) is 0 Å². The predicted octanol–water partition coefficient (Wildman–Crippen LogP) is 2.66. The maximum atomic E-state index is 3.94. The van der Waals surface area contributed by atoms with Gasteiger partial charge in [0.15, 0.2) is 0 Å². The van der Waals surface area contributed by atoms with Gasteiger partial charge in [-0.05, 0) is 36.1 Å². The predicted molar refractivity (Wildman–Crippen MR) is 65.3 cm³/mol. The van der Waals surface area contributed by atoms with E-state index in [0.717, 1.165) is 25.9 Å². The molecule has 0 saturated carbocycles. The van der Waals surface area contributed by atoms with Crippen LogP contribution >= 0.6 is 0 Å². The molecule has 0 fully saturated rings. The van der Waals surface area contributed by atoms with Gasteiger partial charge in [0, 0.05) is 12.5 Å². The molecule has 0 aromatic heterocycles. The molecule has 80 valence electrons. The van der Waals surface area contributed by atoms with Gasteiger partial charge in [-0.25, -0.2) is 0 Å². The average molecular weight is 201 g/mol. The van der Waals surface area contributed by atoms with Gasteiger partial charge in [0.05, 0.1) is 0 Å². The van der Waals surface area contributed by atoms with Crippen LogP contribution < -0.4 is 5.32 Å². The van der Waals surface area contributed by atoms with E-state index in [1.807, 2.05) is 0 Å². The lowest BCUT2D eigenvalue weighted by atomic mass is 9.92. The Labute approximate surface area is 92.2 Å². The maximum Gasteiger partial charge on any atom is 0.0143 e. The van der Waals surface area contributed by atoms with Gasteiger partial charge in [-0.3, -0.25) is 0 Å². The summed E-state index contributed by atoms with van der Waals surface area (Å²) in [5.74, 6) is 0.481. The third kappa shape index (κ3) is 2.13. The van der Waals surface area contributed by atoms with Gasteiger partial charge >= 0.3 is 0 Å². The first-order valence-corrected chi connectivity index (χ1v) is 5.80. The summed E-state index contributed by atoms with van der Waals surface area (Å²) in [4.78, 5) is 0. The lowest BCUT2D eigenvalue weighted by Crippen LogP contribution is -2.19. The molecule has 1 aliphatic rings. The number of rotatable bonds is 2. The first-order chi connectivity index (χ1) is 7.35. The molecule has 1 aromatic rings. The van der Waals surface area contributed by atoms with Gasteiger partial charge in [-0.15, -0.1) is 6.58 Å². The third-order valence-electron chi connectivity index (χ3n) is 3.24. The highest BCUT2D eigenvalue weighted by atomic mass is 14.9. The molecule has 1 nitrogen and oxygen atoms in total. The molecule has 0 spiro atoms. The normalized spacial score (nSPS) is 20.5. The van der Waals surface area contributed by atoms with Gasteiger partial charge in [-0.2, -0.15) is 0 Å². The number of nitrogens with one attached hydrogen (secondary N) is 1. The van der Waals surface area contributed by atoms with E-state index in [1.54, 1.807) is 0 Å². The van der Waals surface area contributed by atoms with Crippen molar-refractivity contribution >= 4 is 0 Å². The minimum absolute atomic E-state index is 0.481. The lowest BCUT2D eigenvalue weighted by Gasteiger charge is -2.14. The van der Waals surface area contributed by atoms with Crippen LogP contribution in [-0.4, -0.2) is 13.1 Å². The average Bonchev–Trinajstić information content (AvgIpc) is 2.49. The second kappa shape index (κ2) is 4.63.